The van der Waals surface area contributed by atoms with E-state index in [2.05, 4.69) is 9.72 Å². The second-order valence-electron chi connectivity index (χ2n) is 6.48. The standard InChI is InChI=1S/C21H19ClF2N2O3/c1-12-16(10-14-9-15(22)5-6-17(14)25-12)20(27)26(2)11-13-4-7-18(29-21(23)24)19(8-13)28-3/h4-10,21H,11H2,1-3H3. The topological polar surface area (TPSA) is 51.7 Å². The number of hydrogen-bond acceptors (Lipinski definition) is 4. The van der Waals surface area contributed by atoms with Crippen molar-refractivity contribution in [2.75, 3.05) is 14.2 Å². The molecule has 1 heterocycles. The maximum Gasteiger partial charge on any atom is 0.387 e. The number of nitrogens with zero attached hydrogens (tertiary/aromatic N) is 2. The molecule has 0 N–H and O–H groups in total. The molecule has 0 unspecified atom stereocenters. The largest absolute Gasteiger partial charge is 0.493 e. The molecule has 0 saturated heterocycles. The Balaban J connectivity index is 1.83. The van der Waals surface area contributed by atoms with E-state index in [9.17, 15) is 13.6 Å². The molecule has 0 spiro atoms. The first-order valence-electron chi connectivity index (χ1n) is 8.72. The van der Waals surface area contributed by atoms with E-state index in [1.807, 2.05) is 0 Å². The Labute approximate surface area is 171 Å². The highest BCUT2D eigenvalue weighted by Gasteiger charge is 2.18. The van der Waals surface area contributed by atoms with E-state index in [1.54, 1.807) is 50.4 Å². The predicted molar refractivity (Wildman–Crippen MR) is 107 cm³/mol. The Kier molecular flexibility index (Phi) is 6.17. The minimum absolute atomic E-state index is 0.0633. The quantitative estimate of drug-likeness (QED) is 0.558. The maximum absolute atomic E-state index is 13.0. The molecule has 29 heavy (non-hydrogen) atoms. The van der Waals surface area contributed by atoms with Gasteiger partial charge in [0, 0.05) is 24.0 Å². The molecular formula is C21H19ClF2N2O3. The number of ether oxygens (including phenoxy) is 2. The van der Waals surface area contributed by atoms with Crippen LogP contribution >= 0.6 is 11.6 Å². The summed E-state index contributed by atoms with van der Waals surface area (Å²) in [5, 5.41) is 1.34. The first-order valence-corrected chi connectivity index (χ1v) is 9.10. The van der Waals surface area contributed by atoms with Gasteiger partial charge in [0.1, 0.15) is 0 Å². The second-order valence-corrected chi connectivity index (χ2v) is 6.92. The van der Waals surface area contributed by atoms with Gasteiger partial charge < -0.3 is 14.4 Å². The maximum atomic E-state index is 13.0. The van der Waals surface area contributed by atoms with E-state index in [0.717, 1.165) is 10.9 Å². The van der Waals surface area contributed by atoms with Crippen molar-refractivity contribution in [2.24, 2.45) is 0 Å². The number of methoxy groups -OCH3 is 1. The van der Waals surface area contributed by atoms with Crippen molar-refractivity contribution < 1.29 is 23.0 Å². The van der Waals surface area contributed by atoms with E-state index in [4.69, 9.17) is 16.3 Å². The van der Waals surface area contributed by atoms with Gasteiger partial charge in [0.05, 0.1) is 23.9 Å². The molecule has 5 nitrogen and oxygen atoms in total. The Morgan fingerprint density at radius 2 is 1.93 bits per heavy atom. The van der Waals surface area contributed by atoms with E-state index < -0.39 is 6.61 Å². The van der Waals surface area contributed by atoms with Crippen LogP contribution in [0.25, 0.3) is 10.9 Å². The predicted octanol–water partition coefficient (Wildman–Crippen LogP) is 5.08. The van der Waals surface area contributed by atoms with Crippen LogP contribution in [0.5, 0.6) is 11.5 Å². The van der Waals surface area contributed by atoms with Gasteiger partial charge in [0.15, 0.2) is 11.5 Å². The normalized spacial score (nSPS) is 11.0. The van der Waals surface area contributed by atoms with Crippen molar-refractivity contribution in [3.05, 3.63) is 64.3 Å². The zero-order valence-corrected chi connectivity index (χ0v) is 16.8. The first-order chi connectivity index (χ1) is 13.8. The molecule has 1 amide bonds. The number of alkyl halides is 2. The molecule has 0 saturated carbocycles. The number of carbonyl (C=O) groups excluding carboxylic acids is 1. The Hall–Kier alpha value is -2.93. The van der Waals surface area contributed by atoms with Crippen LogP contribution in [0.4, 0.5) is 8.78 Å². The van der Waals surface area contributed by atoms with Gasteiger partial charge in [-0.1, -0.05) is 17.7 Å². The summed E-state index contributed by atoms with van der Waals surface area (Å²) in [5.41, 5.74) is 2.53. The molecular weight excluding hydrogens is 402 g/mol. The minimum atomic E-state index is -2.95. The minimum Gasteiger partial charge on any atom is -0.493 e. The van der Waals surface area contributed by atoms with E-state index in [0.29, 0.717) is 21.8 Å². The molecule has 0 atom stereocenters. The highest BCUT2D eigenvalue weighted by molar-refractivity contribution is 6.31. The Bertz CT molecular complexity index is 1060. The summed E-state index contributed by atoms with van der Waals surface area (Å²) >= 11 is 6.04. The average Bonchev–Trinajstić information content (AvgIpc) is 2.68. The van der Waals surface area contributed by atoms with Crippen molar-refractivity contribution in [2.45, 2.75) is 20.1 Å². The van der Waals surface area contributed by atoms with Crippen LogP contribution in [-0.4, -0.2) is 36.6 Å². The molecule has 0 aliphatic heterocycles. The monoisotopic (exact) mass is 420 g/mol. The molecule has 3 rings (SSSR count). The van der Waals surface area contributed by atoms with Gasteiger partial charge in [0.2, 0.25) is 0 Å². The molecule has 8 heteroatoms. The SMILES string of the molecule is COc1cc(CN(C)C(=O)c2cc3cc(Cl)ccc3nc2C)ccc1OC(F)F. The summed E-state index contributed by atoms with van der Waals surface area (Å²) in [4.78, 5) is 19.0. The van der Waals surface area contributed by atoms with Crippen LogP contribution in [0.3, 0.4) is 0 Å². The fraction of sp³-hybridized carbons (Fsp3) is 0.238. The summed E-state index contributed by atoms with van der Waals surface area (Å²) in [6.07, 6.45) is 0. The second kappa shape index (κ2) is 8.61. The van der Waals surface area contributed by atoms with Crippen molar-refractivity contribution in [3.63, 3.8) is 0 Å². The lowest BCUT2D eigenvalue weighted by Gasteiger charge is -2.19. The molecule has 0 bridgehead atoms. The van der Waals surface area contributed by atoms with E-state index >= 15 is 0 Å². The van der Waals surface area contributed by atoms with Crippen LogP contribution in [0, 0.1) is 6.92 Å². The van der Waals surface area contributed by atoms with Gasteiger partial charge in [0.25, 0.3) is 5.91 Å². The Morgan fingerprint density at radius 1 is 1.17 bits per heavy atom. The van der Waals surface area contributed by atoms with Gasteiger partial charge >= 0.3 is 6.61 Å². The van der Waals surface area contributed by atoms with Crippen LogP contribution in [0.1, 0.15) is 21.6 Å². The third kappa shape index (κ3) is 4.74. The molecule has 152 valence electrons. The van der Waals surface area contributed by atoms with Crippen LogP contribution in [0.2, 0.25) is 5.02 Å². The number of fused-ring (bicyclic) bond motifs is 1. The molecule has 0 fully saturated rings. The molecule has 3 aromatic rings. The summed E-state index contributed by atoms with van der Waals surface area (Å²) in [7, 11) is 3.02. The van der Waals surface area contributed by atoms with Gasteiger partial charge in [-0.05, 0) is 48.9 Å². The average molecular weight is 421 g/mol. The van der Waals surface area contributed by atoms with Gasteiger partial charge in [-0.3, -0.25) is 9.78 Å². The fourth-order valence-electron chi connectivity index (χ4n) is 3.02. The van der Waals surface area contributed by atoms with E-state index in [-0.39, 0.29) is 24.0 Å². The number of aromatic nitrogens is 1. The molecule has 2 aromatic carbocycles. The third-order valence-corrected chi connectivity index (χ3v) is 4.64. The van der Waals surface area contributed by atoms with Crippen LogP contribution < -0.4 is 9.47 Å². The number of amides is 1. The zero-order chi connectivity index (χ0) is 21.1. The molecule has 0 aliphatic carbocycles. The summed E-state index contributed by atoms with van der Waals surface area (Å²) < 4.78 is 34.5. The number of rotatable bonds is 6. The molecule has 0 aliphatic rings. The highest BCUT2D eigenvalue weighted by Crippen LogP contribution is 2.30. The number of benzene rings is 2. The lowest BCUT2D eigenvalue weighted by atomic mass is 10.1. The fourth-order valence-corrected chi connectivity index (χ4v) is 3.20. The number of halogens is 3. The van der Waals surface area contributed by atoms with Crippen LogP contribution in [-0.2, 0) is 6.54 Å². The van der Waals surface area contributed by atoms with Gasteiger partial charge in [-0.25, -0.2) is 0 Å². The number of aryl methyl sites for hydroxylation is 1. The third-order valence-electron chi connectivity index (χ3n) is 4.41. The first kappa shape index (κ1) is 20.8. The van der Waals surface area contributed by atoms with Gasteiger partial charge in [-0.2, -0.15) is 8.78 Å². The lowest BCUT2D eigenvalue weighted by molar-refractivity contribution is -0.0512. The summed E-state index contributed by atoms with van der Waals surface area (Å²) in [6, 6.07) is 11.6. The zero-order valence-electron chi connectivity index (χ0n) is 16.1. The number of carbonyl (C=O) groups is 1. The van der Waals surface area contributed by atoms with Gasteiger partial charge in [-0.15, -0.1) is 0 Å². The van der Waals surface area contributed by atoms with Crippen molar-refractivity contribution >= 4 is 28.4 Å². The van der Waals surface area contributed by atoms with Crippen molar-refractivity contribution in [3.8, 4) is 11.5 Å². The van der Waals surface area contributed by atoms with E-state index in [1.165, 1.54) is 18.1 Å². The molecule has 0 radical (unpaired) electrons. The molecule has 1 aromatic heterocycles. The number of pyridine rings is 1. The lowest BCUT2D eigenvalue weighted by Crippen LogP contribution is -2.27. The highest BCUT2D eigenvalue weighted by atomic mass is 35.5. The summed E-state index contributed by atoms with van der Waals surface area (Å²) in [5.74, 6) is -0.114. The van der Waals surface area contributed by atoms with Crippen LogP contribution in [0.15, 0.2) is 42.5 Å². The summed E-state index contributed by atoms with van der Waals surface area (Å²) in [6.45, 7) is -0.929. The smallest absolute Gasteiger partial charge is 0.387 e. The van der Waals surface area contributed by atoms with Crippen molar-refractivity contribution in [1.82, 2.24) is 9.88 Å². The van der Waals surface area contributed by atoms with Crippen molar-refractivity contribution in [1.29, 1.82) is 0 Å². The number of hydrogen-bond donors (Lipinski definition) is 0. The Morgan fingerprint density at radius 3 is 2.62 bits per heavy atom.